The van der Waals surface area contributed by atoms with Gasteiger partial charge in [0, 0.05) is 6.20 Å². The van der Waals surface area contributed by atoms with Gasteiger partial charge in [-0.05, 0) is 52.7 Å². The first-order chi connectivity index (χ1) is 9.51. The van der Waals surface area contributed by atoms with Gasteiger partial charge in [0.25, 0.3) is 0 Å². The van der Waals surface area contributed by atoms with Crippen molar-refractivity contribution in [3.63, 3.8) is 0 Å². The molecule has 0 bridgehead atoms. The molecule has 2 aromatic rings. The number of halogens is 1. The second-order valence-electron chi connectivity index (χ2n) is 4.07. The number of pyridine rings is 1. The number of rotatable bonds is 4. The van der Waals surface area contributed by atoms with E-state index in [1.165, 1.54) is 25.3 Å². The first-order valence-corrected chi connectivity index (χ1v) is 6.52. The van der Waals surface area contributed by atoms with Crippen molar-refractivity contribution in [2.75, 3.05) is 7.11 Å². The molecule has 0 saturated carbocycles. The molecule has 0 aliphatic carbocycles. The minimum Gasteiger partial charge on any atom is -0.493 e. The SMILES string of the molecule is COc1cc(C(=O)O)ccc1Oc1ncc(C)cc1Br. The second-order valence-corrected chi connectivity index (χ2v) is 4.93. The van der Waals surface area contributed by atoms with Crippen LogP contribution in [0.1, 0.15) is 15.9 Å². The molecule has 1 aromatic heterocycles. The average Bonchev–Trinajstić information content (AvgIpc) is 2.42. The first-order valence-electron chi connectivity index (χ1n) is 5.72. The molecule has 0 aliphatic heterocycles. The molecule has 0 spiro atoms. The largest absolute Gasteiger partial charge is 0.493 e. The summed E-state index contributed by atoms with van der Waals surface area (Å²) in [5, 5.41) is 8.94. The zero-order valence-corrected chi connectivity index (χ0v) is 12.5. The number of aromatic carboxylic acids is 1. The Kier molecular flexibility index (Phi) is 4.24. The third-order valence-electron chi connectivity index (χ3n) is 2.56. The first kappa shape index (κ1) is 14.3. The Hall–Kier alpha value is -2.08. The quantitative estimate of drug-likeness (QED) is 0.922. The van der Waals surface area contributed by atoms with Crippen LogP contribution in [0.25, 0.3) is 0 Å². The van der Waals surface area contributed by atoms with E-state index in [2.05, 4.69) is 20.9 Å². The van der Waals surface area contributed by atoms with Crippen molar-refractivity contribution in [3.8, 4) is 17.4 Å². The number of hydrogen-bond acceptors (Lipinski definition) is 4. The molecule has 0 saturated heterocycles. The molecule has 0 fully saturated rings. The molecule has 0 atom stereocenters. The summed E-state index contributed by atoms with van der Waals surface area (Å²) in [5.74, 6) is 0.0928. The second kappa shape index (κ2) is 5.92. The molecule has 1 aromatic carbocycles. The summed E-state index contributed by atoms with van der Waals surface area (Å²) < 4.78 is 11.5. The normalized spacial score (nSPS) is 10.2. The highest BCUT2D eigenvalue weighted by Crippen LogP contribution is 2.34. The average molecular weight is 338 g/mol. The highest BCUT2D eigenvalue weighted by Gasteiger charge is 2.12. The van der Waals surface area contributed by atoms with Crippen molar-refractivity contribution in [2.24, 2.45) is 0 Å². The molecule has 1 heterocycles. The predicted octanol–water partition coefficient (Wildman–Crippen LogP) is 3.65. The van der Waals surface area contributed by atoms with Gasteiger partial charge in [-0.1, -0.05) is 0 Å². The van der Waals surface area contributed by atoms with Crippen molar-refractivity contribution in [3.05, 3.63) is 46.1 Å². The molecule has 20 heavy (non-hydrogen) atoms. The van der Waals surface area contributed by atoms with Crippen molar-refractivity contribution < 1.29 is 19.4 Å². The molecule has 5 nitrogen and oxygen atoms in total. The zero-order valence-electron chi connectivity index (χ0n) is 10.9. The number of aryl methyl sites for hydroxylation is 1. The van der Waals surface area contributed by atoms with Crippen LogP contribution in [0.2, 0.25) is 0 Å². The number of carbonyl (C=O) groups is 1. The number of carboxylic acids is 1. The van der Waals surface area contributed by atoms with E-state index in [-0.39, 0.29) is 5.56 Å². The number of aromatic nitrogens is 1. The summed E-state index contributed by atoms with van der Waals surface area (Å²) in [6, 6.07) is 6.26. The lowest BCUT2D eigenvalue weighted by molar-refractivity contribution is 0.0696. The minimum atomic E-state index is -1.02. The molecule has 104 valence electrons. The van der Waals surface area contributed by atoms with E-state index >= 15 is 0 Å². The highest BCUT2D eigenvalue weighted by atomic mass is 79.9. The maximum Gasteiger partial charge on any atom is 0.335 e. The monoisotopic (exact) mass is 337 g/mol. The van der Waals surface area contributed by atoms with E-state index in [0.717, 1.165) is 5.56 Å². The molecular formula is C14H12BrNO4. The van der Waals surface area contributed by atoms with Gasteiger partial charge >= 0.3 is 5.97 Å². The smallest absolute Gasteiger partial charge is 0.335 e. The number of benzene rings is 1. The highest BCUT2D eigenvalue weighted by molar-refractivity contribution is 9.10. The fraction of sp³-hybridized carbons (Fsp3) is 0.143. The van der Waals surface area contributed by atoms with Gasteiger partial charge in [0.2, 0.25) is 5.88 Å². The summed E-state index contributed by atoms with van der Waals surface area (Å²) in [7, 11) is 1.45. The van der Waals surface area contributed by atoms with Crippen LogP contribution < -0.4 is 9.47 Å². The van der Waals surface area contributed by atoms with Crippen LogP contribution in [0.4, 0.5) is 0 Å². The molecule has 0 amide bonds. The van der Waals surface area contributed by atoms with Gasteiger partial charge in [-0.15, -0.1) is 0 Å². The Morgan fingerprint density at radius 3 is 2.65 bits per heavy atom. The van der Waals surface area contributed by atoms with Crippen molar-refractivity contribution in [1.82, 2.24) is 4.98 Å². The van der Waals surface area contributed by atoms with E-state index in [1.807, 2.05) is 13.0 Å². The van der Waals surface area contributed by atoms with Crippen LogP contribution in [0, 0.1) is 6.92 Å². The molecule has 0 unspecified atom stereocenters. The van der Waals surface area contributed by atoms with Crippen molar-refractivity contribution in [2.45, 2.75) is 6.92 Å². The lowest BCUT2D eigenvalue weighted by atomic mass is 10.2. The summed E-state index contributed by atoms with van der Waals surface area (Å²) >= 11 is 3.37. The van der Waals surface area contributed by atoms with Crippen LogP contribution in [-0.4, -0.2) is 23.2 Å². The number of ether oxygens (including phenoxy) is 2. The fourth-order valence-electron chi connectivity index (χ4n) is 1.59. The summed E-state index contributed by atoms with van der Waals surface area (Å²) in [5.41, 5.74) is 1.13. The standard InChI is InChI=1S/C14H12BrNO4/c1-8-5-10(15)13(16-7-8)20-11-4-3-9(14(17)18)6-12(11)19-2/h3-7H,1-2H3,(H,17,18). The van der Waals surface area contributed by atoms with E-state index in [1.54, 1.807) is 6.20 Å². The Balaban J connectivity index is 2.35. The van der Waals surface area contributed by atoms with Gasteiger partial charge in [0.1, 0.15) is 0 Å². The van der Waals surface area contributed by atoms with Gasteiger partial charge < -0.3 is 14.6 Å². The number of hydrogen-bond donors (Lipinski definition) is 1. The maximum atomic E-state index is 10.9. The summed E-state index contributed by atoms with van der Waals surface area (Å²) in [6.07, 6.45) is 1.68. The van der Waals surface area contributed by atoms with Gasteiger partial charge in [-0.2, -0.15) is 0 Å². The molecule has 0 aliphatic rings. The molecule has 6 heteroatoms. The lowest BCUT2D eigenvalue weighted by Gasteiger charge is -2.11. The Morgan fingerprint density at radius 1 is 1.30 bits per heavy atom. The molecule has 0 radical (unpaired) electrons. The van der Waals surface area contributed by atoms with Gasteiger partial charge in [-0.3, -0.25) is 0 Å². The topological polar surface area (TPSA) is 68.7 Å². The Labute approximate surface area is 124 Å². The van der Waals surface area contributed by atoms with Gasteiger partial charge in [0.05, 0.1) is 17.1 Å². The number of carboxylic acid groups (broad SMARTS) is 1. The van der Waals surface area contributed by atoms with Gasteiger partial charge in [0.15, 0.2) is 11.5 Å². The predicted molar refractivity (Wildman–Crippen MR) is 76.7 cm³/mol. The molecule has 1 N–H and O–H groups in total. The van der Waals surface area contributed by atoms with Crippen LogP contribution in [0.5, 0.6) is 17.4 Å². The van der Waals surface area contributed by atoms with Gasteiger partial charge in [-0.25, -0.2) is 9.78 Å². The van der Waals surface area contributed by atoms with E-state index in [0.29, 0.717) is 21.9 Å². The molecule has 2 rings (SSSR count). The number of nitrogens with zero attached hydrogens (tertiary/aromatic N) is 1. The maximum absolute atomic E-state index is 10.9. The third kappa shape index (κ3) is 3.08. The minimum absolute atomic E-state index is 0.130. The summed E-state index contributed by atoms with van der Waals surface area (Å²) in [6.45, 7) is 1.92. The lowest BCUT2D eigenvalue weighted by Crippen LogP contribution is -1.99. The van der Waals surface area contributed by atoms with Crippen LogP contribution in [-0.2, 0) is 0 Å². The van der Waals surface area contributed by atoms with E-state index < -0.39 is 5.97 Å². The van der Waals surface area contributed by atoms with Crippen molar-refractivity contribution in [1.29, 1.82) is 0 Å². The van der Waals surface area contributed by atoms with Crippen molar-refractivity contribution >= 4 is 21.9 Å². The van der Waals surface area contributed by atoms with E-state index in [4.69, 9.17) is 14.6 Å². The number of methoxy groups -OCH3 is 1. The Morgan fingerprint density at radius 2 is 2.05 bits per heavy atom. The van der Waals surface area contributed by atoms with Crippen LogP contribution in [0.15, 0.2) is 34.9 Å². The fourth-order valence-corrected chi connectivity index (χ4v) is 2.13. The van der Waals surface area contributed by atoms with Crippen LogP contribution in [0.3, 0.4) is 0 Å². The zero-order chi connectivity index (χ0) is 14.7. The van der Waals surface area contributed by atoms with E-state index in [9.17, 15) is 4.79 Å². The van der Waals surface area contributed by atoms with Crippen LogP contribution >= 0.6 is 15.9 Å². The third-order valence-corrected chi connectivity index (χ3v) is 3.13. The Bertz CT molecular complexity index is 658. The molecular weight excluding hydrogens is 326 g/mol. The summed E-state index contributed by atoms with van der Waals surface area (Å²) in [4.78, 5) is 15.1.